The van der Waals surface area contributed by atoms with Crippen molar-refractivity contribution < 1.29 is 0 Å². The zero-order valence-corrected chi connectivity index (χ0v) is 24.7. The van der Waals surface area contributed by atoms with E-state index in [1.165, 1.54) is 40.3 Å². The Hall–Kier alpha value is -3.89. The van der Waals surface area contributed by atoms with Crippen LogP contribution in [-0.2, 0) is 5.16 Å². The van der Waals surface area contributed by atoms with Crippen molar-refractivity contribution in [1.29, 1.82) is 0 Å². The highest BCUT2D eigenvalue weighted by Gasteiger charge is 2.35. The molecule has 4 aromatic carbocycles. The van der Waals surface area contributed by atoms with Crippen LogP contribution in [0, 0.1) is 0 Å². The topological polar surface area (TPSA) is 17.8 Å². The molecule has 0 unspecified atom stereocenters. The fraction of sp³-hybridized carbons (Fsp3) is 0.171. The van der Waals surface area contributed by atoms with Gasteiger partial charge in [-0.15, -0.1) is 6.58 Å². The first kappa shape index (κ1) is 28.1. The van der Waals surface area contributed by atoms with Gasteiger partial charge in [-0.05, 0) is 41.4 Å². The van der Waals surface area contributed by atoms with Gasteiger partial charge >= 0.3 is 0 Å². The van der Waals surface area contributed by atoms with E-state index in [2.05, 4.69) is 158 Å². The van der Waals surface area contributed by atoms with E-state index in [9.17, 15) is 0 Å². The summed E-state index contributed by atoms with van der Waals surface area (Å²) < 4.78 is 2.32. The normalized spacial score (nSPS) is 11.3. The summed E-state index contributed by atoms with van der Waals surface area (Å²) in [5, 5.41) is -0.0892. The van der Waals surface area contributed by atoms with E-state index in [-0.39, 0.29) is 5.16 Å². The molecule has 0 N–H and O–H groups in total. The van der Waals surface area contributed by atoms with Gasteiger partial charge in [-0.25, -0.2) is 4.98 Å². The van der Waals surface area contributed by atoms with Gasteiger partial charge in [0.1, 0.15) is 7.85 Å². The molecule has 5 rings (SSSR count). The second-order valence-corrected chi connectivity index (χ2v) is 12.5. The lowest BCUT2D eigenvalue weighted by Crippen LogP contribution is -2.41. The number of aromatic nitrogens is 2. The van der Waals surface area contributed by atoms with Crippen molar-refractivity contribution in [2.45, 2.75) is 36.8 Å². The molecular weight excluding hydrogens is 487 g/mol. The maximum absolute atomic E-state index is 4.37. The van der Waals surface area contributed by atoms with Crippen LogP contribution in [0.1, 0.15) is 47.8 Å². The number of nitrogens with zero attached hydrogens (tertiary/aromatic N) is 2. The average Bonchev–Trinajstić information content (AvgIpc) is 3.55. The van der Waals surface area contributed by atoms with Crippen molar-refractivity contribution in [3.63, 3.8) is 0 Å². The minimum Gasteiger partial charge on any atom is -0.327 e. The quantitative estimate of drug-likeness (QED) is 0.109. The number of hydrogen-bond donors (Lipinski definition) is 0. The fourth-order valence-corrected chi connectivity index (χ4v) is 7.78. The highest BCUT2D eigenvalue weighted by molar-refractivity contribution is 6.41. The molecule has 0 saturated heterocycles. The first-order valence-electron chi connectivity index (χ1n) is 13.9. The molecule has 0 bridgehead atoms. The van der Waals surface area contributed by atoms with Crippen LogP contribution >= 0.6 is 0 Å². The first-order chi connectivity index (χ1) is 19.1. The number of allylic oxidation sites excluding steroid dienone is 1. The molecule has 0 aliphatic rings. The Bertz CT molecular complexity index is 1290. The van der Waals surface area contributed by atoms with Crippen molar-refractivity contribution >= 4 is 17.4 Å². The van der Waals surface area contributed by atoms with Gasteiger partial charge in [-0.1, -0.05) is 139 Å². The summed E-state index contributed by atoms with van der Waals surface area (Å²) in [5.74, 6) is 0.484. The number of imidazole rings is 1. The highest BCUT2D eigenvalue weighted by Crippen LogP contribution is 2.34. The second-order valence-electron chi connectivity index (χ2n) is 10.3. The minimum atomic E-state index is -0.508. The Morgan fingerprint density at radius 2 is 1.26 bits per heavy atom. The van der Waals surface area contributed by atoms with Crippen LogP contribution in [0.4, 0.5) is 0 Å². The van der Waals surface area contributed by atoms with E-state index in [1.807, 2.05) is 12.5 Å². The molecule has 0 amide bonds. The molecule has 1 aromatic heterocycles. The van der Waals surface area contributed by atoms with Gasteiger partial charge in [0, 0.05) is 12.4 Å². The predicted octanol–water partition coefficient (Wildman–Crippen LogP) is 6.99. The van der Waals surface area contributed by atoms with Crippen LogP contribution < -0.4 is 0 Å². The molecule has 1 heterocycles. The maximum atomic E-state index is 4.37. The van der Waals surface area contributed by atoms with Crippen LogP contribution in [0.25, 0.3) is 0 Å². The molecule has 2 nitrogen and oxygen atoms in total. The summed E-state index contributed by atoms with van der Waals surface area (Å²) in [7, 11) is 1.73. The van der Waals surface area contributed by atoms with Gasteiger partial charge in [0.2, 0.25) is 0 Å². The van der Waals surface area contributed by atoms with Crippen LogP contribution in [0.5, 0.6) is 0 Å². The summed E-state index contributed by atoms with van der Waals surface area (Å²) in [6.07, 6.45) is 8.33. The molecular formula is C35H39BN2Si. The Kier molecular flexibility index (Phi) is 10.3. The van der Waals surface area contributed by atoms with E-state index in [0.29, 0.717) is 5.82 Å². The van der Waals surface area contributed by atoms with Gasteiger partial charge in [-0.3, -0.25) is 0 Å². The van der Waals surface area contributed by atoms with Crippen molar-refractivity contribution in [3.8, 4) is 0 Å². The maximum Gasteiger partial charge on any atom is 0.116 e. The average molecular weight is 527 g/mol. The number of benzene rings is 4. The van der Waals surface area contributed by atoms with Crippen LogP contribution in [0.15, 0.2) is 152 Å². The second kappa shape index (κ2) is 14.3. The molecule has 196 valence electrons. The van der Waals surface area contributed by atoms with Crippen molar-refractivity contribution in [1.82, 2.24) is 9.55 Å². The van der Waals surface area contributed by atoms with E-state index < -0.39 is 9.52 Å². The third-order valence-corrected chi connectivity index (χ3v) is 10.2. The summed E-state index contributed by atoms with van der Waals surface area (Å²) in [6, 6.07) is 44.3. The molecule has 0 spiro atoms. The fourth-order valence-electron chi connectivity index (χ4n) is 5.28. The molecule has 39 heavy (non-hydrogen) atoms. The summed E-state index contributed by atoms with van der Waals surface area (Å²) in [6.45, 7) is 6.18. The van der Waals surface area contributed by atoms with Crippen molar-refractivity contribution in [2.24, 2.45) is 0 Å². The smallest absolute Gasteiger partial charge is 0.116 e. The minimum absolute atomic E-state index is 0.0892. The third kappa shape index (κ3) is 7.36. The Balaban J connectivity index is 0.000000212. The van der Waals surface area contributed by atoms with E-state index in [0.717, 1.165) is 6.42 Å². The van der Waals surface area contributed by atoms with Gasteiger partial charge in [-0.2, -0.15) is 0 Å². The molecule has 0 radical (unpaired) electrons. The lowest BCUT2D eigenvalue weighted by molar-refractivity contribution is 0.588. The Morgan fingerprint density at radius 1 is 0.795 bits per heavy atom. The van der Waals surface area contributed by atoms with Crippen molar-refractivity contribution in [3.05, 3.63) is 174 Å². The molecule has 0 saturated carbocycles. The zero-order chi connectivity index (χ0) is 27.3. The summed E-state index contributed by atoms with van der Waals surface area (Å²) in [5.41, 5.74) is 6.75. The molecule has 0 atom stereocenters. The molecule has 0 fully saturated rings. The van der Waals surface area contributed by atoms with Gasteiger partial charge in [0.05, 0.1) is 21.0 Å². The molecule has 4 heteroatoms. The van der Waals surface area contributed by atoms with Gasteiger partial charge < -0.3 is 4.57 Å². The Labute approximate surface area is 237 Å². The Morgan fingerprint density at radius 3 is 1.67 bits per heavy atom. The molecule has 0 aliphatic heterocycles. The molecule has 0 aliphatic carbocycles. The van der Waals surface area contributed by atoms with E-state index in [4.69, 9.17) is 0 Å². The summed E-state index contributed by atoms with van der Waals surface area (Å²) >= 11 is 0. The number of hydrogen-bond acceptors (Lipinski definition) is 1. The SMILES string of the molecule is BC(c1ccccc1)c1ccccc1.C=C(C)CCC[SiH2]C(c1ccccc1)(c1ccccc1)n1ccnc1. The molecule has 5 aromatic rings. The van der Waals surface area contributed by atoms with E-state index >= 15 is 0 Å². The highest BCUT2D eigenvalue weighted by atomic mass is 28.2. The lowest BCUT2D eigenvalue weighted by atomic mass is 9.76. The van der Waals surface area contributed by atoms with Gasteiger partial charge in [0.15, 0.2) is 0 Å². The lowest BCUT2D eigenvalue weighted by Gasteiger charge is -2.37. The van der Waals surface area contributed by atoms with Crippen LogP contribution in [0.2, 0.25) is 6.04 Å². The monoisotopic (exact) mass is 526 g/mol. The predicted molar refractivity (Wildman–Crippen MR) is 172 cm³/mol. The largest absolute Gasteiger partial charge is 0.327 e. The van der Waals surface area contributed by atoms with Crippen LogP contribution in [-0.4, -0.2) is 26.9 Å². The standard InChI is InChI=1S/C22H26N2Si.C13H13B/c1-19(2)10-9-17-25-22(24-16-15-23-18-24,20-11-5-3-6-12-20)21-13-7-4-8-14-21;14-13(11-7-3-1-4-8-11)12-9-5-2-6-10-12/h3-8,11-16,18H,1,9-10,17,25H2,2H3;1-10,13H,14H2. The first-order valence-corrected chi connectivity index (χ1v) is 15.7. The number of rotatable bonds is 10. The van der Waals surface area contributed by atoms with E-state index in [1.54, 1.807) is 0 Å². The summed E-state index contributed by atoms with van der Waals surface area (Å²) in [4.78, 5) is 4.37. The van der Waals surface area contributed by atoms with Crippen LogP contribution in [0.3, 0.4) is 0 Å². The van der Waals surface area contributed by atoms with Gasteiger partial charge in [0.25, 0.3) is 0 Å². The zero-order valence-electron chi connectivity index (χ0n) is 23.3. The third-order valence-electron chi connectivity index (χ3n) is 7.44. The van der Waals surface area contributed by atoms with Crippen molar-refractivity contribution in [2.75, 3.05) is 0 Å².